The Balaban J connectivity index is 1.75. The van der Waals surface area contributed by atoms with Crippen molar-refractivity contribution in [1.82, 2.24) is 10.2 Å². The number of hydrogen-bond acceptors (Lipinski definition) is 4. The summed E-state index contributed by atoms with van der Waals surface area (Å²) in [6.45, 7) is 0.407. The van der Waals surface area contributed by atoms with Gasteiger partial charge in [-0.3, -0.25) is 14.4 Å². The van der Waals surface area contributed by atoms with Gasteiger partial charge in [0.2, 0.25) is 0 Å². The molecule has 136 valence electrons. The van der Waals surface area contributed by atoms with Crippen molar-refractivity contribution in [2.24, 2.45) is 0 Å². The number of carbonyl (C=O) groups excluding carboxylic acids is 3. The molecule has 2 rings (SSSR count). The van der Waals surface area contributed by atoms with Gasteiger partial charge in [0.25, 0.3) is 11.8 Å². The number of amides is 2. The molecule has 0 radical (unpaired) electrons. The monoisotopic (exact) mass is 358 g/mol. The number of likely N-dealkylation sites (tertiary alicyclic amines) is 1. The van der Waals surface area contributed by atoms with Crippen LogP contribution in [0.4, 0.5) is 13.2 Å². The lowest BCUT2D eigenvalue weighted by Gasteiger charge is -2.15. The van der Waals surface area contributed by atoms with Crippen molar-refractivity contribution in [3.63, 3.8) is 0 Å². The van der Waals surface area contributed by atoms with Crippen LogP contribution in [0.3, 0.4) is 0 Å². The first-order chi connectivity index (χ1) is 11.8. The Morgan fingerprint density at radius 1 is 1.08 bits per heavy atom. The average Bonchev–Trinajstić information content (AvgIpc) is 3.11. The van der Waals surface area contributed by atoms with E-state index in [1.54, 1.807) is 4.90 Å². The van der Waals surface area contributed by atoms with Gasteiger partial charge in [-0.1, -0.05) is 0 Å². The third-order valence-corrected chi connectivity index (χ3v) is 3.68. The van der Waals surface area contributed by atoms with Gasteiger partial charge < -0.3 is 15.0 Å². The Morgan fingerprint density at radius 2 is 1.68 bits per heavy atom. The Bertz CT molecular complexity index is 638. The molecular formula is C16H17F3N2O4. The normalized spacial score (nSPS) is 14.3. The van der Waals surface area contributed by atoms with E-state index in [0.717, 1.165) is 37.1 Å². The molecule has 0 spiro atoms. The number of nitrogens with one attached hydrogen (secondary N) is 1. The molecule has 1 aliphatic rings. The first-order valence-electron chi connectivity index (χ1n) is 7.66. The van der Waals surface area contributed by atoms with Gasteiger partial charge in [-0.05, 0) is 37.1 Å². The van der Waals surface area contributed by atoms with E-state index in [1.165, 1.54) is 0 Å². The molecule has 6 nitrogen and oxygen atoms in total. The van der Waals surface area contributed by atoms with Gasteiger partial charge in [-0.2, -0.15) is 13.2 Å². The summed E-state index contributed by atoms with van der Waals surface area (Å²) in [6.07, 6.45) is -2.65. The Hall–Kier alpha value is -2.58. The SMILES string of the molecule is O=C(CNC(=O)c1ccc(C(F)(F)F)cc1)OCC(=O)N1CCCC1. The van der Waals surface area contributed by atoms with E-state index in [2.05, 4.69) is 5.32 Å². The molecule has 1 N–H and O–H groups in total. The number of rotatable bonds is 5. The van der Waals surface area contributed by atoms with Crippen LogP contribution in [0.1, 0.15) is 28.8 Å². The second-order valence-corrected chi connectivity index (χ2v) is 5.51. The molecule has 1 aromatic rings. The van der Waals surface area contributed by atoms with E-state index in [4.69, 9.17) is 4.74 Å². The highest BCUT2D eigenvalue weighted by Crippen LogP contribution is 2.29. The van der Waals surface area contributed by atoms with Gasteiger partial charge in [-0.25, -0.2) is 0 Å². The molecule has 1 fully saturated rings. The number of esters is 1. The lowest BCUT2D eigenvalue weighted by molar-refractivity contribution is -0.150. The molecule has 1 heterocycles. The maximum absolute atomic E-state index is 12.4. The van der Waals surface area contributed by atoms with Crippen LogP contribution in [0.15, 0.2) is 24.3 Å². The van der Waals surface area contributed by atoms with E-state index in [1.807, 2.05) is 0 Å². The van der Waals surface area contributed by atoms with Crippen molar-refractivity contribution < 1.29 is 32.3 Å². The second kappa shape index (κ2) is 8.00. The van der Waals surface area contributed by atoms with Crippen LogP contribution in [-0.4, -0.2) is 48.9 Å². The number of alkyl halides is 3. The van der Waals surface area contributed by atoms with Crippen molar-refractivity contribution in [2.75, 3.05) is 26.2 Å². The van der Waals surface area contributed by atoms with Gasteiger partial charge in [-0.15, -0.1) is 0 Å². The van der Waals surface area contributed by atoms with Gasteiger partial charge in [0.05, 0.1) is 5.56 Å². The molecule has 0 atom stereocenters. The summed E-state index contributed by atoms with van der Waals surface area (Å²) < 4.78 is 42.1. The van der Waals surface area contributed by atoms with Crippen molar-refractivity contribution in [3.8, 4) is 0 Å². The van der Waals surface area contributed by atoms with Crippen LogP contribution in [0.5, 0.6) is 0 Å². The molecule has 0 unspecified atom stereocenters. The number of ether oxygens (including phenoxy) is 1. The zero-order valence-electron chi connectivity index (χ0n) is 13.3. The highest BCUT2D eigenvalue weighted by atomic mass is 19.4. The predicted molar refractivity (Wildman–Crippen MR) is 80.6 cm³/mol. The summed E-state index contributed by atoms with van der Waals surface area (Å²) in [6, 6.07) is 3.59. The summed E-state index contributed by atoms with van der Waals surface area (Å²) in [5.74, 6) is -1.80. The Kier molecular flexibility index (Phi) is 6.00. The highest BCUT2D eigenvalue weighted by molar-refractivity contribution is 5.96. The van der Waals surface area contributed by atoms with E-state index in [0.29, 0.717) is 13.1 Å². The molecule has 9 heteroatoms. The van der Waals surface area contributed by atoms with Gasteiger partial charge in [0, 0.05) is 18.7 Å². The highest BCUT2D eigenvalue weighted by Gasteiger charge is 2.30. The fraction of sp³-hybridized carbons (Fsp3) is 0.438. The van der Waals surface area contributed by atoms with Crippen molar-refractivity contribution >= 4 is 17.8 Å². The minimum atomic E-state index is -4.49. The van der Waals surface area contributed by atoms with E-state index >= 15 is 0 Å². The second-order valence-electron chi connectivity index (χ2n) is 5.51. The van der Waals surface area contributed by atoms with Gasteiger partial charge >= 0.3 is 12.1 Å². The third kappa shape index (κ3) is 5.47. The van der Waals surface area contributed by atoms with Gasteiger partial charge in [0.1, 0.15) is 6.54 Å². The van der Waals surface area contributed by atoms with Crippen molar-refractivity contribution in [3.05, 3.63) is 35.4 Å². The Morgan fingerprint density at radius 3 is 2.24 bits per heavy atom. The quantitative estimate of drug-likeness (QED) is 0.812. The molecule has 1 saturated heterocycles. The molecule has 0 aliphatic carbocycles. The summed E-state index contributed by atoms with van der Waals surface area (Å²) >= 11 is 0. The number of carbonyl (C=O) groups is 3. The first kappa shape index (κ1) is 18.8. The van der Waals surface area contributed by atoms with E-state index in [9.17, 15) is 27.6 Å². The first-order valence-corrected chi connectivity index (χ1v) is 7.66. The standard InChI is InChI=1S/C16H17F3N2O4/c17-16(18,19)12-5-3-11(4-6-12)15(24)20-9-14(23)25-10-13(22)21-7-1-2-8-21/h3-6H,1-2,7-10H2,(H,20,24). The number of benzene rings is 1. The molecule has 0 saturated carbocycles. The average molecular weight is 358 g/mol. The van der Waals surface area contributed by atoms with Crippen LogP contribution in [0, 0.1) is 0 Å². The van der Waals surface area contributed by atoms with Crippen LogP contribution in [0.2, 0.25) is 0 Å². The number of halogens is 3. The molecule has 2 amide bonds. The predicted octanol–water partition coefficient (Wildman–Crippen LogP) is 1.60. The zero-order chi connectivity index (χ0) is 18.4. The zero-order valence-corrected chi connectivity index (χ0v) is 13.3. The Labute approximate surface area is 141 Å². The summed E-state index contributed by atoms with van der Waals surface area (Å²) in [5.41, 5.74) is -0.891. The van der Waals surface area contributed by atoms with Crippen LogP contribution < -0.4 is 5.32 Å². The lowest BCUT2D eigenvalue weighted by Crippen LogP contribution is -2.35. The third-order valence-electron chi connectivity index (χ3n) is 3.68. The maximum Gasteiger partial charge on any atom is 0.416 e. The number of nitrogens with zero attached hydrogens (tertiary/aromatic N) is 1. The maximum atomic E-state index is 12.4. The van der Waals surface area contributed by atoms with Crippen molar-refractivity contribution in [2.45, 2.75) is 19.0 Å². The van der Waals surface area contributed by atoms with Crippen LogP contribution in [-0.2, 0) is 20.5 Å². The van der Waals surface area contributed by atoms with Crippen LogP contribution in [0.25, 0.3) is 0 Å². The molecule has 25 heavy (non-hydrogen) atoms. The summed E-state index contributed by atoms with van der Waals surface area (Å²) in [7, 11) is 0. The largest absolute Gasteiger partial charge is 0.454 e. The van der Waals surface area contributed by atoms with Crippen molar-refractivity contribution in [1.29, 1.82) is 0 Å². The molecule has 1 aromatic carbocycles. The summed E-state index contributed by atoms with van der Waals surface area (Å²) in [5, 5.41) is 2.23. The molecule has 0 bridgehead atoms. The molecule has 0 aromatic heterocycles. The van der Waals surface area contributed by atoms with E-state index < -0.39 is 36.8 Å². The number of hydrogen-bond donors (Lipinski definition) is 1. The molecular weight excluding hydrogens is 341 g/mol. The molecule has 1 aliphatic heterocycles. The van der Waals surface area contributed by atoms with Crippen LogP contribution >= 0.6 is 0 Å². The minimum absolute atomic E-state index is 0.0195. The lowest BCUT2D eigenvalue weighted by atomic mass is 10.1. The fourth-order valence-corrected chi connectivity index (χ4v) is 2.32. The minimum Gasteiger partial charge on any atom is -0.454 e. The topological polar surface area (TPSA) is 75.7 Å². The van der Waals surface area contributed by atoms with Gasteiger partial charge in [0.15, 0.2) is 6.61 Å². The fourth-order valence-electron chi connectivity index (χ4n) is 2.32. The van der Waals surface area contributed by atoms with E-state index in [-0.39, 0.29) is 11.5 Å². The summed E-state index contributed by atoms with van der Waals surface area (Å²) in [4.78, 5) is 36.6. The smallest absolute Gasteiger partial charge is 0.416 e.